The highest BCUT2D eigenvalue weighted by Gasteiger charge is 2.20. The fourth-order valence-corrected chi connectivity index (χ4v) is 3.96. The highest BCUT2D eigenvalue weighted by Crippen LogP contribution is 2.30. The molecule has 1 aromatic carbocycles. The van der Waals surface area contributed by atoms with Gasteiger partial charge in [-0.1, -0.05) is 41.9 Å². The van der Waals surface area contributed by atoms with Crippen molar-refractivity contribution in [3.63, 3.8) is 0 Å². The number of thioether (sulfide) groups is 1. The van der Waals surface area contributed by atoms with E-state index >= 15 is 0 Å². The number of aryl methyl sites for hydroxylation is 1. The second-order valence-corrected chi connectivity index (χ2v) is 7.26. The van der Waals surface area contributed by atoms with Crippen molar-refractivity contribution in [1.29, 1.82) is 0 Å². The van der Waals surface area contributed by atoms with Crippen LogP contribution < -0.4 is 0 Å². The smallest absolute Gasteiger partial charge is 0.177 e. The van der Waals surface area contributed by atoms with Crippen LogP contribution >= 0.6 is 46.5 Å². The summed E-state index contributed by atoms with van der Waals surface area (Å²) in [7, 11) is 0. The molecule has 0 aliphatic heterocycles. The molecule has 0 radical (unpaired) electrons. The maximum atomic E-state index is 12.4. The number of hydrogen-bond donors (Lipinski definition) is 0. The number of ketones is 1. The summed E-state index contributed by atoms with van der Waals surface area (Å²) in [5.41, 5.74) is 0.483. The van der Waals surface area contributed by atoms with Gasteiger partial charge in [-0.05, 0) is 36.7 Å². The molecule has 7 heteroatoms. The van der Waals surface area contributed by atoms with E-state index in [0.717, 1.165) is 16.6 Å². The third kappa shape index (κ3) is 3.73. The Bertz CT molecular complexity index is 631. The lowest BCUT2D eigenvalue weighted by atomic mass is 10.1. The van der Waals surface area contributed by atoms with Crippen molar-refractivity contribution in [2.45, 2.75) is 29.9 Å². The van der Waals surface area contributed by atoms with Crippen LogP contribution in [0.3, 0.4) is 0 Å². The highest BCUT2D eigenvalue weighted by atomic mass is 35.5. The van der Waals surface area contributed by atoms with Crippen molar-refractivity contribution < 1.29 is 4.79 Å². The van der Waals surface area contributed by atoms with E-state index in [1.807, 2.05) is 13.8 Å². The van der Waals surface area contributed by atoms with Crippen molar-refractivity contribution in [3.05, 3.63) is 39.6 Å². The van der Waals surface area contributed by atoms with E-state index in [0.29, 0.717) is 15.6 Å². The number of carbonyl (C=O) groups excluding carboxylic acids is 1. The van der Waals surface area contributed by atoms with Gasteiger partial charge < -0.3 is 0 Å². The molecule has 20 heavy (non-hydrogen) atoms. The molecule has 0 N–H and O–H groups in total. The van der Waals surface area contributed by atoms with Gasteiger partial charge >= 0.3 is 0 Å². The van der Waals surface area contributed by atoms with E-state index in [9.17, 15) is 4.79 Å². The van der Waals surface area contributed by atoms with Crippen LogP contribution in [-0.4, -0.2) is 20.4 Å². The predicted octanol–water partition coefficient (Wildman–Crippen LogP) is 4.77. The molecular weight excluding hydrogens is 335 g/mol. The molecular formula is C13H12Cl2N2OS2. The molecule has 0 amide bonds. The number of carbonyl (C=O) groups is 1. The van der Waals surface area contributed by atoms with Gasteiger partial charge in [0, 0.05) is 17.0 Å². The van der Waals surface area contributed by atoms with Gasteiger partial charge in [0.1, 0.15) is 5.82 Å². The van der Waals surface area contributed by atoms with Crippen LogP contribution in [0, 0.1) is 0 Å². The van der Waals surface area contributed by atoms with Crippen LogP contribution in [0.25, 0.3) is 0 Å². The van der Waals surface area contributed by atoms with Gasteiger partial charge in [0.15, 0.2) is 10.1 Å². The monoisotopic (exact) mass is 346 g/mol. The Labute approximate surface area is 135 Å². The number of halogens is 2. The van der Waals surface area contributed by atoms with Crippen LogP contribution in [-0.2, 0) is 6.42 Å². The first-order valence-electron chi connectivity index (χ1n) is 5.99. The first-order chi connectivity index (χ1) is 9.51. The van der Waals surface area contributed by atoms with Gasteiger partial charge in [0.2, 0.25) is 0 Å². The second kappa shape index (κ2) is 6.89. The molecule has 1 aromatic heterocycles. The van der Waals surface area contributed by atoms with Gasteiger partial charge in [-0.2, -0.15) is 4.37 Å². The van der Waals surface area contributed by atoms with E-state index in [1.54, 1.807) is 18.2 Å². The molecule has 0 bridgehead atoms. The molecule has 0 saturated heterocycles. The minimum atomic E-state index is -0.272. The Hall–Kier alpha value is -0.620. The van der Waals surface area contributed by atoms with Crippen LogP contribution in [0.1, 0.15) is 30.0 Å². The standard InChI is InChI=1S/C13H12Cl2N2OS2/c1-3-11-16-13(20-17-11)19-7(2)12(18)9-5-4-8(14)6-10(9)15/h4-7H,3H2,1-2H3. The van der Waals surface area contributed by atoms with E-state index in [4.69, 9.17) is 23.2 Å². The lowest BCUT2D eigenvalue weighted by molar-refractivity contribution is 0.0994. The van der Waals surface area contributed by atoms with Gasteiger partial charge in [0.25, 0.3) is 0 Å². The molecule has 0 fully saturated rings. The van der Waals surface area contributed by atoms with Gasteiger partial charge in [0.05, 0.1) is 10.3 Å². The molecule has 1 atom stereocenters. The van der Waals surface area contributed by atoms with E-state index in [-0.39, 0.29) is 11.0 Å². The first-order valence-corrected chi connectivity index (χ1v) is 8.40. The minimum absolute atomic E-state index is 0.0371. The van der Waals surface area contributed by atoms with Crippen LogP contribution in [0.5, 0.6) is 0 Å². The molecule has 1 unspecified atom stereocenters. The zero-order valence-corrected chi connectivity index (χ0v) is 14.0. The third-order valence-electron chi connectivity index (χ3n) is 2.61. The zero-order valence-electron chi connectivity index (χ0n) is 10.9. The number of benzene rings is 1. The van der Waals surface area contributed by atoms with Gasteiger partial charge in [-0.15, -0.1) is 0 Å². The maximum Gasteiger partial charge on any atom is 0.177 e. The summed E-state index contributed by atoms with van der Waals surface area (Å²) in [5.74, 6) is 0.770. The lowest BCUT2D eigenvalue weighted by Gasteiger charge is -2.09. The van der Waals surface area contributed by atoms with Crippen molar-refractivity contribution >= 4 is 52.3 Å². The average Bonchev–Trinajstić information content (AvgIpc) is 2.85. The largest absolute Gasteiger partial charge is 0.293 e. The number of aromatic nitrogens is 2. The summed E-state index contributed by atoms with van der Waals surface area (Å²) in [6.07, 6.45) is 0.794. The molecule has 3 nitrogen and oxygen atoms in total. The van der Waals surface area contributed by atoms with Crippen molar-refractivity contribution in [1.82, 2.24) is 9.36 Å². The van der Waals surface area contributed by atoms with E-state index in [2.05, 4.69) is 9.36 Å². The number of Topliss-reactive ketones (excluding diaryl/α,β-unsaturated/α-hetero) is 1. The van der Waals surface area contributed by atoms with Crippen LogP contribution in [0.15, 0.2) is 22.5 Å². The summed E-state index contributed by atoms with van der Waals surface area (Å²) >= 11 is 14.6. The molecule has 0 aliphatic rings. The van der Waals surface area contributed by atoms with Crippen molar-refractivity contribution in [3.8, 4) is 0 Å². The average molecular weight is 347 g/mol. The topological polar surface area (TPSA) is 42.9 Å². The fraction of sp³-hybridized carbons (Fsp3) is 0.308. The SMILES string of the molecule is CCc1nsc(SC(C)C(=O)c2ccc(Cl)cc2Cl)n1. The summed E-state index contributed by atoms with van der Waals surface area (Å²) in [6, 6.07) is 4.90. The normalized spacial score (nSPS) is 12.4. The molecule has 0 aliphatic carbocycles. The highest BCUT2D eigenvalue weighted by molar-refractivity contribution is 8.02. The second-order valence-electron chi connectivity index (χ2n) is 4.08. The number of rotatable bonds is 5. The Morgan fingerprint density at radius 1 is 1.45 bits per heavy atom. The quantitative estimate of drug-likeness (QED) is 0.577. The lowest BCUT2D eigenvalue weighted by Crippen LogP contribution is -2.13. The Balaban J connectivity index is 2.12. The van der Waals surface area contributed by atoms with Crippen molar-refractivity contribution in [2.75, 3.05) is 0 Å². The van der Waals surface area contributed by atoms with Gasteiger partial charge in [-0.3, -0.25) is 4.79 Å². The van der Waals surface area contributed by atoms with E-state index in [1.165, 1.54) is 23.3 Å². The molecule has 2 rings (SSSR count). The molecule has 2 aromatic rings. The molecule has 106 valence electrons. The first kappa shape index (κ1) is 15.8. The molecule has 0 spiro atoms. The Morgan fingerprint density at radius 2 is 2.20 bits per heavy atom. The predicted molar refractivity (Wildman–Crippen MR) is 85.4 cm³/mol. The van der Waals surface area contributed by atoms with Crippen LogP contribution in [0.2, 0.25) is 10.0 Å². The van der Waals surface area contributed by atoms with E-state index < -0.39 is 0 Å². The molecule has 1 heterocycles. The summed E-state index contributed by atoms with van der Waals surface area (Å²) in [4.78, 5) is 16.7. The van der Waals surface area contributed by atoms with Gasteiger partial charge in [-0.25, -0.2) is 4.98 Å². The molecule has 0 saturated carbocycles. The summed E-state index contributed by atoms with van der Waals surface area (Å²) in [6.45, 7) is 3.84. The Morgan fingerprint density at radius 3 is 2.80 bits per heavy atom. The number of nitrogens with zero attached hydrogens (tertiary/aromatic N) is 2. The zero-order chi connectivity index (χ0) is 14.7. The summed E-state index contributed by atoms with van der Waals surface area (Å²) < 4.78 is 5.00. The fourth-order valence-electron chi connectivity index (χ4n) is 1.54. The Kier molecular flexibility index (Phi) is 5.43. The summed E-state index contributed by atoms with van der Waals surface area (Å²) in [5, 5.41) is 0.622. The third-order valence-corrected chi connectivity index (χ3v) is 5.08. The minimum Gasteiger partial charge on any atom is -0.293 e. The number of hydrogen-bond acceptors (Lipinski definition) is 5. The maximum absolute atomic E-state index is 12.4. The van der Waals surface area contributed by atoms with Crippen LogP contribution in [0.4, 0.5) is 0 Å². The van der Waals surface area contributed by atoms with Crippen molar-refractivity contribution in [2.24, 2.45) is 0 Å².